The molecule has 0 amide bonds. The molecular formula is C24H42BN. The van der Waals surface area contributed by atoms with Gasteiger partial charge in [0.1, 0.15) is 7.85 Å². The van der Waals surface area contributed by atoms with Crippen LogP contribution in [0.25, 0.3) is 0 Å². The van der Waals surface area contributed by atoms with E-state index in [4.69, 9.17) is 7.85 Å². The molecule has 146 valence electrons. The van der Waals surface area contributed by atoms with Crippen molar-refractivity contribution in [1.82, 2.24) is 5.32 Å². The van der Waals surface area contributed by atoms with E-state index in [9.17, 15) is 0 Å². The third-order valence-corrected chi connectivity index (χ3v) is 6.01. The Kier molecular flexibility index (Phi) is 8.46. The van der Waals surface area contributed by atoms with Gasteiger partial charge < -0.3 is 5.32 Å². The summed E-state index contributed by atoms with van der Waals surface area (Å²) in [5.74, 6) is 0. The number of allylic oxidation sites excluding steroid dienone is 3. The quantitative estimate of drug-likeness (QED) is 0.280. The van der Waals surface area contributed by atoms with Crippen molar-refractivity contribution in [1.29, 1.82) is 0 Å². The molecule has 0 spiro atoms. The highest BCUT2D eigenvalue weighted by Gasteiger charge is 2.41. The van der Waals surface area contributed by atoms with E-state index in [2.05, 4.69) is 72.5 Å². The summed E-state index contributed by atoms with van der Waals surface area (Å²) in [5.41, 5.74) is 4.36. The van der Waals surface area contributed by atoms with Crippen molar-refractivity contribution >= 4 is 7.85 Å². The Balaban J connectivity index is 2.41. The molecule has 1 aliphatic rings. The minimum absolute atomic E-state index is 0.171. The van der Waals surface area contributed by atoms with E-state index in [0.717, 1.165) is 37.8 Å². The number of hydrogen-bond donors (Lipinski definition) is 1. The Morgan fingerprint density at radius 3 is 2.19 bits per heavy atom. The van der Waals surface area contributed by atoms with Crippen LogP contribution < -0.4 is 5.32 Å². The van der Waals surface area contributed by atoms with Gasteiger partial charge in [-0.15, -0.1) is 0 Å². The molecule has 26 heavy (non-hydrogen) atoms. The highest BCUT2D eigenvalue weighted by atomic mass is 14.8. The average molecular weight is 355 g/mol. The maximum atomic E-state index is 6.04. The summed E-state index contributed by atoms with van der Waals surface area (Å²) in [7, 11) is 6.04. The lowest BCUT2D eigenvalue weighted by molar-refractivity contribution is 0.0887. The topological polar surface area (TPSA) is 12.0 Å². The predicted octanol–water partition coefficient (Wildman–Crippen LogP) is 6.56. The standard InChI is InChI=1S/C24H42BN/c1-19(24(8,23(5,6)7)18-22(2,3)4)13-11-12-16-26-17-20-14-9-10-15-21(20)25/h14-15,26H,1,9-13,16-18H2,2-8H3. The lowest BCUT2D eigenvalue weighted by Gasteiger charge is -2.47. The molecule has 0 aromatic carbocycles. The second-order valence-electron chi connectivity index (χ2n) is 10.5. The van der Waals surface area contributed by atoms with E-state index in [1.165, 1.54) is 30.4 Å². The highest BCUT2D eigenvalue weighted by Crippen LogP contribution is 2.51. The van der Waals surface area contributed by atoms with Crippen LogP contribution in [0.1, 0.15) is 87.0 Å². The van der Waals surface area contributed by atoms with Crippen molar-refractivity contribution in [3.63, 3.8) is 0 Å². The first-order valence-electron chi connectivity index (χ1n) is 10.4. The van der Waals surface area contributed by atoms with E-state index >= 15 is 0 Å². The van der Waals surface area contributed by atoms with Gasteiger partial charge in [0.2, 0.25) is 0 Å². The van der Waals surface area contributed by atoms with Crippen LogP contribution in [0.2, 0.25) is 0 Å². The normalized spacial score (nSPS) is 18.1. The van der Waals surface area contributed by atoms with Crippen LogP contribution in [0.3, 0.4) is 0 Å². The van der Waals surface area contributed by atoms with Crippen LogP contribution in [0.5, 0.6) is 0 Å². The average Bonchev–Trinajstić information content (AvgIpc) is 2.49. The summed E-state index contributed by atoms with van der Waals surface area (Å²) < 4.78 is 0. The molecule has 1 nitrogen and oxygen atoms in total. The fourth-order valence-corrected chi connectivity index (χ4v) is 3.99. The number of unbranched alkanes of at least 4 members (excludes halogenated alkanes) is 1. The molecule has 1 unspecified atom stereocenters. The first kappa shape index (κ1) is 23.3. The maximum Gasteiger partial charge on any atom is 0.113 e. The monoisotopic (exact) mass is 355 g/mol. The Morgan fingerprint density at radius 2 is 1.65 bits per heavy atom. The zero-order chi connectivity index (χ0) is 20.0. The number of hydrogen-bond acceptors (Lipinski definition) is 1. The van der Waals surface area contributed by atoms with Gasteiger partial charge >= 0.3 is 0 Å². The Morgan fingerprint density at radius 1 is 1.04 bits per heavy atom. The van der Waals surface area contributed by atoms with Crippen molar-refractivity contribution in [2.45, 2.75) is 87.0 Å². The fourth-order valence-electron chi connectivity index (χ4n) is 3.99. The van der Waals surface area contributed by atoms with Gasteiger partial charge in [0, 0.05) is 6.54 Å². The van der Waals surface area contributed by atoms with Gasteiger partial charge in [-0.2, -0.15) is 0 Å². The molecular weight excluding hydrogens is 313 g/mol. The van der Waals surface area contributed by atoms with E-state index in [1.807, 2.05) is 0 Å². The zero-order valence-corrected chi connectivity index (χ0v) is 18.6. The summed E-state index contributed by atoms with van der Waals surface area (Å²) in [4.78, 5) is 0. The lowest BCUT2D eigenvalue weighted by atomic mass is 9.57. The molecule has 0 fully saturated rings. The van der Waals surface area contributed by atoms with Crippen molar-refractivity contribution in [3.8, 4) is 0 Å². The van der Waals surface area contributed by atoms with Gasteiger partial charge in [-0.1, -0.05) is 78.2 Å². The summed E-state index contributed by atoms with van der Waals surface area (Å²) in [5, 5.41) is 3.55. The van der Waals surface area contributed by atoms with Gasteiger partial charge in [-0.3, -0.25) is 0 Å². The highest BCUT2D eigenvalue weighted by molar-refractivity contribution is 6.24. The third-order valence-electron chi connectivity index (χ3n) is 6.01. The maximum absolute atomic E-state index is 6.04. The number of nitrogens with one attached hydrogen (secondary N) is 1. The van der Waals surface area contributed by atoms with Gasteiger partial charge in [-0.05, 0) is 66.9 Å². The van der Waals surface area contributed by atoms with Crippen LogP contribution in [-0.2, 0) is 0 Å². The van der Waals surface area contributed by atoms with Crippen LogP contribution in [0.4, 0.5) is 0 Å². The second kappa shape index (κ2) is 9.44. The van der Waals surface area contributed by atoms with Crippen molar-refractivity contribution < 1.29 is 0 Å². The van der Waals surface area contributed by atoms with Crippen LogP contribution in [0.15, 0.2) is 35.3 Å². The summed E-state index contributed by atoms with van der Waals surface area (Å²) >= 11 is 0. The van der Waals surface area contributed by atoms with Crippen molar-refractivity contribution in [2.24, 2.45) is 16.2 Å². The Hall–Kier alpha value is -0.755. The first-order valence-corrected chi connectivity index (χ1v) is 10.4. The Bertz CT molecular complexity index is 527. The van der Waals surface area contributed by atoms with E-state index in [1.54, 1.807) is 0 Å². The Labute approximate surface area is 165 Å². The van der Waals surface area contributed by atoms with E-state index in [0.29, 0.717) is 5.41 Å². The molecule has 1 N–H and O–H groups in total. The van der Waals surface area contributed by atoms with Gasteiger partial charge in [0.25, 0.3) is 0 Å². The van der Waals surface area contributed by atoms with Crippen molar-refractivity contribution in [3.05, 3.63) is 35.3 Å². The molecule has 0 saturated heterocycles. The van der Waals surface area contributed by atoms with Gasteiger partial charge in [-0.25, -0.2) is 0 Å². The van der Waals surface area contributed by atoms with E-state index < -0.39 is 0 Å². The smallest absolute Gasteiger partial charge is 0.113 e. The molecule has 0 aliphatic heterocycles. The van der Waals surface area contributed by atoms with Crippen LogP contribution in [0, 0.1) is 16.2 Å². The molecule has 0 aromatic heterocycles. The van der Waals surface area contributed by atoms with Gasteiger partial charge in [0.05, 0.1) is 0 Å². The molecule has 0 heterocycles. The van der Waals surface area contributed by atoms with Gasteiger partial charge in [0.15, 0.2) is 0 Å². The van der Waals surface area contributed by atoms with Crippen molar-refractivity contribution in [2.75, 3.05) is 13.1 Å². The molecule has 1 rings (SSSR count). The first-order chi connectivity index (χ1) is 11.9. The molecule has 0 aromatic rings. The van der Waals surface area contributed by atoms with E-state index in [-0.39, 0.29) is 10.8 Å². The summed E-state index contributed by atoms with van der Waals surface area (Å²) in [6, 6.07) is 0. The SMILES string of the molecule is [B]C1=CCCC=C1CNCCCCC(=C)C(C)(CC(C)(C)C)C(C)(C)C. The van der Waals surface area contributed by atoms with Crippen LogP contribution in [-0.4, -0.2) is 20.9 Å². The fraction of sp³-hybridized carbons (Fsp3) is 0.750. The third kappa shape index (κ3) is 7.10. The summed E-state index contributed by atoms with van der Waals surface area (Å²) in [6.45, 7) is 23.0. The molecule has 2 heteroatoms. The lowest BCUT2D eigenvalue weighted by Crippen LogP contribution is -2.38. The molecule has 1 aliphatic carbocycles. The molecule has 1 atom stereocenters. The minimum atomic E-state index is 0.171. The zero-order valence-electron chi connectivity index (χ0n) is 18.6. The molecule has 0 saturated carbocycles. The largest absolute Gasteiger partial charge is 0.313 e. The minimum Gasteiger partial charge on any atom is -0.313 e. The van der Waals surface area contributed by atoms with Crippen LogP contribution >= 0.6 is 0 Å². The predicted molar refractivity (Wildman–Crippen MR) is 119 cm³/mol. The summed E-state index contributed by atoms with van der Waals surface area (Å²) in [6.07, 6.45) is 11.3. The second-order valence-corrected chi connectivity index (χ2v) is 10.5. The number of rotatable bonds is 9. The molecule has 0 bridgehead atoms. The molecule has 2 radical (unpaired) electrons.